The zero-order valence-corrected chi connectivity index (χ0v) is 13.4. The van der Waals surface area contributed by atoms with E-state index in [0.29, 0.717) is 21.5 Å². The molecule has 4 rings (SSSR count). The van der Waals surface area contributed by atoms with Crippen molar-refractivity contribution in [3.05, 3.63) is 47.1 Å². The van der Waals surface area contributed by atoms with Gasteiger partial charge in [0.1, 0.15) is 11.5 Å². The van der Waals surface area contributed by atoms with Crippen LogP contribution in [-0.4, -0.2) is 16.1 Å². The average molecular weight is 367 g/mol. The number of aromatic amines is 1. The van der Waals surface area contributed by atoms with E-state index in [0.717, 1.165) is 11.9 Å². The van der Waals surface area contributed by atoms with Crippen LogP contribution in [0.3, 0.4) is 0 Å². The fraction of sp³-hybridized carbons (Fsp3) is 0. The van der Waals surface area contributed by atoms with Gasteiger partial charge in [-0.2, -0.15) is 0 Å². The minimum absolute atomic E-state index is 0.0614. The van der Waals surface area contributed by atoms with Crippen LogP contribution in [0.2, 0.25) is 5.02 Å². The summed E-state index contributed by atoms with van der Waals surface area (Å²) in [6, 6.07) is 6.16. The summed E-state index contributed by atoms with van der Waals surface area (Å²) in [5, 5.41) is 13.3. The molecule has 0 saturated carbocycles. The van der Waals surface area contributed by atoms with Crippen LogP contribution in [0.5, 0.6) is 5.75 Å². The summed E-state index contributed by atoms with van der Waals surface area (Å²) in [7, 11) is 0. The molecule has 0 radical (unpaired) electrons. The minimum atomic E-state index is -0.930. The number of phenolic OH excluding ortho intramolecular Hbond substituents is 1. The standard InChI is InChI=1S/C15H9ClF2N4OS/c16-8-5-10-13(14(23)11(8)18)21-15(22-24-10)20-7-3-6-1-2-19-12(6)9(17)4-7/h1-5,19,23H,(H2,20,21,22). The Morgan fingerprint density at radius 1 is 1.25 bits per heavy atom. The van der Waals surface area contributed by atoms with Crippen molar-refractivity contribution in [3.63, 3.8) is 0 Å². The zero-order valence-electron chi connectivity index (χ0n) is 11.8. The number of phenols is 1. The van der Waals surface area contributed by atoms with Crippen LogP contribution in [0.4, 0.5) is 20.2 Å². The molecule has 3 aromatic rings. The maximum Gasteiger partial charge on any atom is 0.211 e. The van der Waals surface area contributed by atoms with E-state index in [4.69, 9.17) is 11.6 Å². The smallest absolute Gasteiger partial charge is 0.211 e. The molecule has 0 saturated heterocycles. The van der Waals surface area contributed by atoms with E-state index in [2.05, 4.69) is 20.0 Å². The number of benzene rings is 2. The van der Waals surface area contributed by atoms with Gasteiger partial charge in [-0.3, -0.25) is 4.72 Å². The summed E-state index contributed by atoms with van der Waals surface area (Å²) in [6.07, 6.45) is 1.64. The SMILES string of the molecule is Oc1c(F)c(Cl)cc2c1N=C(Nc1cc(F)c3[nH]ccc3c1)NS2. The van der Waals surface area contributed by atoms with Gasteiger partial charge in [0.2, 0.25) is 5.96 Å². The van der Waals surface area contributed by atoms with Crippen molar-refractivity contribution in [1.82, 2.24) is 9.71 Å². The molecule has 0 amide bonds. The van der Waals surface area contributed by atoms with Crippen molar-refractivity contribution in [3.8, 4) is 5.75 Å². The number of aromatic hydroxyl groups is 1. The summed E-state index contributed by atoms with van der Waals surface area (Å²) < 4.78 is 30.6. The van der Waals surface area contributed by atoms with Crippen LogP contribution >= 0.6 is 23.5 Å². The highest BCUT2D eigenvalue weighted by atomic mass is 35.5. The Kier molecular flexibility index (Phi) is 3.50. The molecule has 9 heteroatoms. The van der Waals surface area contributed by atoms with Crippen molar-refractivity contribution in [2.45, 2.75) is 4.90 Å². The molecule has 0 unspecified atom stereocenters. The highest BCUT2D eigenvalue weighted by Crippen LogP contribution is 2.43. The summed E-state index contributed by atoms with van der Waals surface area (Å²) in [6.45, 7) is 0. The molecule has 122 valence electrons. The second-order valence-electron chi connectivity index (χ2n) is 5.06. The van der Waals surface area contributed by atoms with Crippen molar-refractivity contribution in [2.24, 2.45) is 4.99 Å². The predicted molar refractivity (Wildman–Crippen MR) is 91.0 cm³/mol. The Bertz CT molecular complexity index is 1000. The van der Waals surface area contributed by atoms with Gasteiger partial charge in [-0.05, 0) is 36.2 Å². The minimum Gasteiger partial charge on any atom is -0.503 e. The van der Waals surface area contributed by atoms with Gasteiger partial charge in [0.15, 0.2) is 11.6 Å². The summed E-state index contributed by atoms with van der Waals surface area (Å²) in [5.74, 6) is -1.73. The summed E-state index contributed by atoms with van der Waals surface area (Å²) in [4.78, 5) is 7.43. The highest BCUT2D eigenvalue weighted by molar-refractivity contribution is 7.98. The number of hydrogen-bond acceptors (Lipinski definition) is 5. The van der Waals surface area contributed by atoms with Crippen molar-refractivity contribution in [2.75, 3.05) is 5.32 Å². The molecule has 0 bridgehead atoms. The fourth-order valence-corrected chi connectivity index (χ4v) is 3.38. The van der Waals surface area contributed by atoms with Gasteiger partial charge in [-0.15, -0.1) is 0 Å². The first-order valence-corrected chi connectivity index (χ1v) is 7.98. The Balaban J connectivity index is 1.71. The predicted octanol–water partition coefficient (Wildman–Crippen LogP) is 4.52. The number of aromatic nitrogens is 1. The van der Waals surface area contributed by atoms with Crippen LogP contribution in [0.25, 0.3) is 10.9 Å². The lowest BCUT2D eigenvalue weighted by Gasteiger charge is -2.19. The zero-order chi connectivity index (χ0) is 16.8. The third-order valence-electron chi connectivity index (χ3n) is 3.49. The second kappa shape index (κ2) is 5.57. The van der Waals surface area contributed by atoms with Gasteiger partial charge < -0.3 is 15.4 Å². The van der Waals surface area contributed by atoms with E-state index in [9.17, 15) is 13.9 Å². The number of nitrogens with zero attached hydrogens (tertiary/aromatic N) is 1. The lowest BCUT2D eigenvalue weighted by molar-refractivity contribution is 0.432. The number of nitrogens with one attached hydrogen (secondary N) is 3. The average Bonchev–Trinajstić information content (AvgIpc) is 3.02. The van der Waals surface area contributed by atoms with Crippen LogP contribution in [0.15, 0.2) is 40.4 Å². The largest absolute Gasteiger partial charge is 0.503 e. The normalized spacial score (nSPS) is 13.4. The summed E-state index contributed by atoms with van der Waals surface area (Å²) in [5.41, 5.74) is 0.934. The van der Waals surface area contributed by atoms with E-state index in [1.807, 2.05) is 0 Å². The number of H-pyrrole nitrogens is 1. The number of guanidine groups is 1. The number of aliphatic imine (C=N–C) groups is 1. The van der Waals surface area contributed by atoms with Crippen LogP contribution in [-0.2, 0) is 0 Å². The topological polar surface area (TPSA) is 72.4 Å². The third-order valence-corrected chi connectivity index (χ3v) is 4.59. The molecule has 0 atom stereocenters. The Morgan fingerprint density at radius 2 is 2.08 bits per heavy atom. The Hall–Kier alpha value is -2.45. The van der Waals surface area contributed by atoms with Crippen molar-refractivity contribution in [1.29, 1.82) is 0 Å². The van der Waals surface area contributed by atoms with Gasteiger partial charge in [0.05, 0.1) is 15.4 Å². The van der Waals surface area contributed by atoms with Gasteiger partial charge in [-0.1, -0.05) is 11.6 Å². The maximum absolute atomic E-state index is 14.0. The molecule has 4 N–H and O–H groups in total. The molecule has 0 fully saturated rings. The van der Waals surface area contributed by atoms with Gasteiger partial charge in [0, 0.05) is 17.3 Å². The number of halogens is 3. The molecule has 5 nitrogen and oxygen atoms in total. The molecule has 2 aromatic carbocycles. The molecule has 2 heterocycles. The van der Waals surface area contributed by atoms with Crippen LogP contribution in [0.1, 0.15) is 0 Å². The molecule has 0 aliphatic carbocycles. The second-order valence-corrected chi connectivity index (χ2v) is 6.31. The quantitative estimate of drug-likeness (QED) is 0.478. The molecule has 0 spiro atoms. The Labute approximate surface area is 143 Å². The van der Waals surface area contributed by atoms with Gasteiger partial charge in [-0.25, -0.2) is 13.8 Å². The van der Waals surface area contributed by atoms with Gasteiger partial charge in [0.25, 0.3) is 0 Å². The molecule has 1 aliphatic heterocycles. The summed E-state index contributed by atoms with van der Waals surface area (Å²) >= 11 is 6.80. The van der Waals surface area contributed by atoms with E-state index in [1.165, 1.54) is 12.1 Å². The van der Waals surface area contributed by atoms with Crippen molar-refractivity contribution < 1.29 is 13.9 Å². The number of anilines is 1. The molecule has 1 aliphatic rings. The lowest BCUT2D eigenvalue weighted by atomic mass is 10.2. The van der Waals surface area contributed by atoms with Crippen LogP contribution < -0.4 is 10.0 Å². The van der Waals surface area contributed by atoms with E-state index in [-0.39, 0.29) is 16.7 Å². The monoisotopic (exact) mass is 366 g/mol. The van der Waals surface area contributed by atoms with Crippen molar-refractivity contribution >= 4 is 51.8 Å². The Morgan fingerprint density at radius 3 is 2.92 bits per heavy atom. The fourth-order valence-electron chi connectivity index (χ4n) is 2.39. The first-order chi connectivity index (χ1) is 11.5. The number of rotatable bonds is 1. The molecule has 24 heavy (non-hydrogen) atoms. The van der Waals surface area contributed by atoms with E-state index in [1.54, 1.807) is 18.3 Å². The highest BCUT2D eigenvalue weighted by Gasteiger charge is 2.21. The van der Waals surface area contributed by atoms with Crippen LogP contribution in [0, 0.1) is 11.6 Å². The number of fused-ring (bicyclic) bond motifs is 2. The first kappa shape index (κ1) is 15.1. The van der Waals surface area contributed by atoms with Gasteiger partial charge >= 0.3 is 0 Å². The third kappa shape index (κ3) is 2.44. The van der Waals surface area contributed by atoms with E-state index < -0.39 is 17.4 Å². The molecule has 1 aromatic heterocycles. The molecular weight excluding hydrogens is 358 g/mol. The molecular formula is C15H9ClF2N4OS. The first-order valence-electron chi connectivity index (χ1n) is 6.79. The number of hydrogen-bond donors (Lipinski definition) is 4. The maximum atomic E-state index is 14.0. The lowest BCUT2D eigenvalue weighted by Crippen LogP contribution is -2.27. The van der Waals surface area contributed by atoms with E-state index >= 15 is 0 Å².